The first-order valence-corrected chi connectivity index (χ1v) is 6.17. The summed E-state index contributed by atoms with van der Waals surface area (Å²) in [6.45, 7) is 5.75. The van der Waals surface area contributed by atoms with Gasteiger partial charge in [-0.15, -0.1) is 0 Å². The van der Waals surface area contributed by atoms with Crippen molar-refractivity contribution in [1.82, 2.24) is 9.80 Å². The summed E-state index contributed by atoms with van der Waals surface area (Å²) in [5.74, 6) is 0.00960. The monoisotopic (exact) mass is 255 g/mol. The smallest absolute Gasteiger partial charge is 0.248 e. The maximum atomic E-state index is 11.8. The van der Waals surface area contributed by atoms with E-state index < -0.39 is 0 Å². The minimum absolute atomic E-state index is 0.00960. The van der Waals surface area contributed by atoms with Gasteiger partial charge in [-0.1, -0.05) is 0 Å². The van der Waals surface area contributed by atoms with Crippen molar-refractivity contribution < 1.29 is 14.3 Å². The predicted octanol–water partition coefficient (Wildman–Crippen LogP) is -0.294. The summed E-state index contributed by atoms with van der Waals surface area (Å²) in [6, 6.07) is 2.13. The van der Waals surface area contributed by atoms with Crippen molar-refractivity contribution in [2.45, 2.75) is 13.0 Å². The number of methoxy groups -OCH3 is 1. The van der Waals surface area contributed by atoms with Gasteiger partial charge in [0.2, 0.25) is 5.91 Å². The van der Waals surface area contributed by atoms with Crippen molar-refractivity contribution in [3.05, 3.63) is 0 Å². The Labute approximate surface area is 108 Å². The van der Waals surface area contributed by atoms with Crippen LogP contribution >= 0.6 is 0 Å². The minimum Gasteiger partial charge on any atom is -0.382 e. The Balaban J connectivity index is 2.22. The molecule has 1 heterocycles. The maximum absolute atomic E-state index is 11.8. The number of hydrogen-bond donors (Lipinski definition) is 0. The molecule has 1 aliphatic heterocycles. The molecule has 1 amide bonds. The van der Waals surface area contributed by atoms with Crippen molar-refractivity contribution >= 4 is 5.91 Å². The Morgan fingerprint density at radius 2 is 2.00 bits per heavy atom. The Kier molecular flexibility index (Phi) is 6.65. The molecule has 1 atom stereocenters. The van der Waals surface area contributed by atoms with Gasteiger partial charge in [-0.25, -0.2) is 0 Å². The normalized spacial score (nSPS) is 18.4. The van der Waals surface area contributed by atoms with Crippen molar-refractivity contribution in [3.63, 3.8) is 0 Å². The van der Waals surface area contributed by atoms with Crippen LogP contribution < -0.4 is 0 Å². The van der Waals surface area contributed by atoms with Gasteiger partial charge in [0.25, 0.3) is 0 Å². The molecule has 102 valence electrons. The Hall–Kier alpha value is -1.16. The number of nitrogens with zero attached hydrogens (tertiary/aromatic N) is 3. The second-order valence-corrected chi connectivity index (χ2v) is 4.27. The van der Waals surface area contributed by atoms with Gasteiger partial charge in [-0.05, 0) is 6.92 Å². The van der Waals surface area contributed by atoms with Crippen LogP contribution in [-0.4, -0.2) is 74.9 Å². The van der Waals surface area contributed by atoms with Crippen LogP contribution in [0.3, 0.4) is 0 Å². The topological polar surface area (TPSA) is 65.8 Å². The average molecular weight is 255 g/mol. The molecular formula is C12H21N3O3. The van der Waals surface area contributed by atoms with E-state index in [0.717, 1.165) is 13.1 Å². The van der Waals surface area contributed by atoms with Crippen LogP contribution in [0.15, 0.2) is 0 Å². The summed E-state index contributed by atoms with van der Waals surface area (Å²) < 4.78 is 10.0. The summed E-state index contributed by atoms with van der Waals surface area (Å²) in [7, 11) is 1.60. The molecule has 0 aromatic rings. The van der Waals surface area contributed by atoms with E-state index in [-0.39, 0.29) is 18.6 Å². The molecule has 0 spiro atoms. The van der Waals surface area contributed by atoms with Gasteiger partial charge in [-0.2, -0.15) is 5.26 Å². The van der Waals surface area contributed by atoms with Crippen molar-refractivity contribution in [3.8, 4) is 6.07 Å². The third-order valence-corrected chi connectivity index (χ3v) is 3.06. The van der Waals surface area contributed by atoms with Gasteiger partial charge in [-0.3, -0.25) is 9.69 Å². The van der Waals surface area contributed by atoms with E-state index >= 15 is 0 Å². The van der Waals surface area contributed by atoms with E-state index in [1.165, 1.54) is 0 Å². The highest BCUT2D eigenvalue weighted by Crippen LogP contribution is 2.06. The lowest BCUT2D eigenvalue weighted by Crippen LogP contribution is -2.51. The molecule has 1 unspecified atom stereocenters. The van der Waals surface area contributed by atoms with Crippen LogP contribution in [0.4, 0.5) is 0 Å². The van der Waals surface area contributed by atoms with E-state index in [0.29, 0.717) is 26.3 Å². The SMILES string of the molecule is COCCOCC(=O)N1CCN(C(C)C#N)CC1. The first-order valence-electron chi connectivity index (χ1n) is 6.17. The molecule has 1 saturated heterocycles. The first kappa shape index (κ1) is 14.9. The molecule has 1 rings (SSSR count). The van der Waals surface area contributed by atoms with E-state index in [1.54, 1.807) is 12.0 Å². The van der Waals surface area contributed by atoms with Crippen LogP contribution in [0.2, 0.25) is 0 Å². The molecule has 6 nitrogen and oxygen atoms in total. The Morgan fingerprint density at radius 3 is 2.56 bits per heavy atom. The molecule has 6 heteroatoms. The summed E-state index contributed by atoms with van der Waals surface area (Å²) in [5, 5.41) is 8.82. The molecule has 1 fully saturated rings. The lowest BCUT2D eigenvalue weighted by Gasteiger charge is -2.35. The van der Waals surface area contributed by atoms with Gasteiger partial charge >= 0.3 is 0 Å². The van der Waals surface area contributed by atoms with E-state index in [4.69, 9.17) is 14.7 Å². The van der Waals surface area contributed by atoms with Crippen LogP contribution in [0.5, 0.6) is 0 Å². The molecule has 0 radical (unpaired) electrons. The molecule has 0 N–H and O–H groups in total. The van der Waals surface area contributed by atoms with Gasteiger partial charge in [0.1, 0.15) is 6.61 Å². The standard InChI is InChI=1S/C12H21N3O3/c1-11(9-13)14-3-5-15(6-4-14)12(16)10-18-8-7-17-2/h11H,3-8,10H2,1-2H3. The molecule has 1 aliphatic rings. The quantitative estimate of drug-likeness (QED) is 0.610. The largest absolute Gasteiger partial charge is 0.382 e. The van der Waals surface area contributed by atoms with Crippen LogP contribution in [-0.2, 0) is 14.3 Å². The number of piperazine rings is 1. The second kappa shape index (κ2) is 8.03. The highest BCUT2D eigenvalue weighted by Gasteiger charge is 2.23. The Morgan fingerprint density at radius 1 is 1.33 bits per heavy atom. The summed E-state index contributed by atoms with van der Waals surface area (Å²) >= 11 is 0. The first-order chi connectivity index (χ1) is 8.69. The van der Waals surface area contributed by atoms with Gasteiger partial charge in [0.15, 0.2) is 0 Å². The average Bonchev–Trinajstić information content (AvgIpc) is 2.42. The highest BCUT2D eigenvalue weighted by atomic mass is 16.5. The number of ether oxygens (including phenoxy) is 2. The second-order valence-electron chi connectivity index (χ2n) is 4.27. The Bertz CT molecular complexity index is 295. The molecule has 0 aliphatic carbocycles. The summed E-state index contributed by atoms with van der Waals surface area (Å²) in [5.41, 5.74) is 0. The molecule has 0 aromatic carbocycles. The number of carbonyl (C=O) groups is 1. The number of rotatable bonds is 6. The number of nitriles is 1. The molecule has 18 heavy (non-hydrogen) atoms. The fraction of sp³-hybridized carbons (Fsp3) is 0.833. The fourth-order valence-corrected chi connectivity index (χ4v) is 1.83. The highest BCUT2D eigenvalue weighted by molar-refractivity contribution is 5.77. The molecule has 0 bridgehead atoms. The van der Waals surface area contributed by atoms with Crippen LogP contribution in [0, 0.1) is 11.3 Å². The van der Waals surface area contributed by atoms with Crippen LogP contribution in [0.25, 0.3) is 0 Å². The molecular weight excluding hydrogens is 234 g/mol. The van der Waals surface area contributed by atoms with Crippen LogP contribution in [0.1, 0.15) is 6.92 Å². The third-order valence-electron chi connectivity index (χ3n) is 3.06. The molecule has 0 aromatic heterocycles. The predicted molar refractivity (Wildman–Crippen MR) is 65.9 cm³/mol. The van der Waals surface area contributed by atoms with E-state index in [9.17, 15) is 4.79 Å². The zero-order valence-corrected chi connectivity index (χ0v) is 11.1. The number of hydrogen-bond acceptors (Lipinski definition) is 5. The van der Waals surface area contributed by atoms with E-state index in [2.05, 4.69) is 11.0 Å². The fourth-order valence-electron chi connectivity index (χ4n) is 1.83. The third kappa shape index (κ3) is 4.61. The zero-order valence-electron chi connectivity index (χ0n) is 11.1. The van der Waals surface area contributed by atoms with Gasteiger partial charge in [0, 0.05) is 33.3 Å². The van der Waals surface area contributed by atoms with Crippen molar-refractivity contribution in [1.29, 1.82) is 5.26 Å². The lowest BCUT2D eigenvalue weighted by atomic mass is 10.2. The number of carbonyl (C=O) groups excluding carboxylic acids is 1. The summed E-state index contributed by atoms with van der Waals surface area (Å²) in [4.78, 5) is 15.6. The van der Waals surface area contributed by atoms with Gasteiger partial charge < -0.3 is 14.4 Å². The lowest BCUT2D eigenvalue weighted by molar-refractivity contribution is -0.138. The zero-order chi connectivity index (χ0) is 13.4. The van der Waals surface area contributed by atoms with Crippen molar-refractivity contribution in [2.24, 2.45) is 0 Å². The minimum atomic E-state index is -0.0831. The maximum Gasteiger partial charge on any atom is 0.248 e. The number of amides is 1. The molecule has 0 saturated carbocycles. The van der Waals surface area contributed by atoms with E-state index in [1.807, 2.05) is 6.92 Å². The summed E-state index contributed by atoms with van der Waals surface area (Å²) in [6.07, 6.45) is 0. The van der Waals surface area contributed by atoms with Gasteiger partial charge in [0.05, 0.1) is 25.3 Å². The van der Waals surface area contributed by atoms with Crippen molar-refractivity contribution in [2.75, 3.05) is 53.1 Å².